The van der Waals surface area contributed by atoms with Crippen LogP contribution in [0.15, 0.2) is 71.8 Å². The summed E-state index contributed by atoms with van der Waals surface area (Å²) in [6.45, 7) is 2.34. The Morgan fingerprint density at radius 1 is 1.09 bits per heavy atom. The molecule has 0 spiro atoms. The first-order valence-corrected chi connectivity index (χ1v) is 14.5. The number of halogens is 2. The van der Waals surface area contributed by atoms with Gasteiger partial charge >= 0.3 is 0 Å². The monoisotopic (exact) mass is 644 g/mol. The van der Waals surface area contributed by atoms with Gasteiger partial charge in [-0.25, -0.2) is 13.8 Å². The summed E-state index contributed by atoms with van der Waals surface area (Å²) in [6.07, 6.45) is 6.36. The molecule has 0 aliphatic carbocycles. The molecule has 5 rings (SSSR count). The maximum atomic E-state index is 15.7. The summed E-state index contributed by atoms with van der Waals surface area (Å²) in [5.41, 5.74) is -0.346. The molecule has 3 heterocycles. The first kappa shape index (κ1) is 32.8. The van der Waals surface area contributed by atoms with E-state index < -0.39 is 28.8 Å². The van der Waals surface area contributed by atoms with Gasteiger partial charge in [-0.05, 0) is 44.8 Å². The van der Waals surface area contributed by atoms with Crippen LogP contribution in [0.3, 0.4) is 0 Å². The fourth-order valence-electron chi connectivity index (χ4n) is 5.02. The molecule has 244 valence electrons. The molecular weight excluding hydrogens is 610 g/mol. The van der Waals surface area contributed by atoms with E-state index >= 15 is 8.78 Å². The Kier molecular flexibility index (Phi) is 9.61. The van der Waals surface area contributed by atoms with Gasteiger partial charge in [0, 0.05) is 55.3 Å². The number of likely N-dealkylation sites (N-methyl/N-ethyl adjacent to an activating group) is 1. The number of aromatic nitrogens is 5. The third kappa shape index (κ3) is 6.97. The smallest absolute Gasteiger partial charge is 0.260 e. The number of amides is 1. The largest absolute Gasteiger partial charge is 0.494 e. The molecule has 3 aromatic heterocycles. The minimum absolute atomic E-state index is 0.148. The third-order valence-electron chi connectivity index (χ3n) is 7.33. The van der Waals surface area contributed by atoms with Crippen molar-refractivity contribution in [3.63, 3.8) is 0 Å². The Labute approximate surface area is 269 Å². The van der Waals surface area contributed by atoms with Crippen LogP contribution in [0.4, 0.5) is 26.2 Å². The highest BCUT2D eigenvalue weighted by atomic mass is 19.1. The van der Waals surface area contributed by atoms with Gasteiger partial charge in [-0.15, -0.1) is 0 Å². The van der Waals surface area contributed by atoms with Crippen molar-refractivity contribution < 1.29 is 23.0 Å². The molecule has 1 amide bonds. The van der Waals surface area contributed by atoms with E-state index in [0.717, 1.165) is 6.07 Å². The van der Waals surface area contributed by atoms with E-state index in [4.69, 9.17) is 9.47 Å². The zero-order valence-electron chi connectivity index (χ0n) is 26.7. The van der Waals surface area contributed by atoms with Gasteiger partial charge in [0.1, 0.15) is 5.65 Å². The average Bonchev–Trinajstić information content (AvgIpc) is 3.45. The molecule has 2 aromatic carbocycles. The van der Waals surface area contributed by atoms with Crippen LogP contribution in [-0.2, 0) is 11.8 Å². The lowest BCUT2D eigenvalue weighted by atomic mass is 10.0. The number of nitrogens with one attached hydrogen (secondary N) is 2. The molecule has 0 radical (unpaired) electrons. The Bertz CT molecular complexity index is 2010. The van der Waals surface area contributed by atoms with E-state index in [1.54, 1.807) is 61.3 Å². The third-order valence-corrected chi connectivity index (χ3v) is 7.33. The number of hydrogen-bond acceptors (Lipinski definition) is 9. The standard InChI is InChI=1S/C33H34F2N8O4/c1-19(20-9-7-10-22(15-20)37-27(44)11-8-13-41(2)3)43-31-21(18-36-33(39-31)38-26-12-14-42(4)40-26)16-23(32(43)45)28-29(34)24(46-5)17-25(47-6)30(28)35/h7-12,14-19H,13H2,1-6H3,(H,37,44)(H,36,38,39,40)/b11-8+. The number of hydrogen-bond donors (Lipinski definition) is 2. The molecular formula is C33H34F2N8O4. The lowest BCUT2D eigenvalue weighted by Gasteiger charge is -2.21. The van der Waals surface area contributed by atoms with Gasteiger partial charge in [0.05, 0.1) is 31.4 Å². The number of carbonyl (C=O) groups excluding carboxylic acids is 1. The zero-order valence-corrected chi connectivity index (χ0v) is 26.7. The van der Waals surface area contributed by atoms with Crippen LogP contribution >= 0.6 is 0 Å². The van der Waals surface area contributed by atoms with E-state index in [9.17, 15) is 9.59 Å². The van der Waals surface area contributed by atoms with Crippen LogP contribution in [0.2, 0.25) is 0 Å². The summed E-state index contributed by atoms with van der Waals surface area (Å²) in [4.78, 5) is 37.8. The number of anilines is 3. The highest BCUT2D eigenvalue weighted by Gasteiger charge is 2.27. The predicted molar refractivity (Wildman–Crippen MR) is 175 cm³/mol. The Morgan fingerprint density at radius 3 is 2.45 bits per heavy atom. The summed E-state index contributed by atoms with van der Waals surface area (Å²) < 4.78 is 44.6. The van der Waals surface area contributed by atoms with Crippen LogP contribution in [0.1, 0.15) is 18.5 Å². The summed E-state index contributed by atoms with van der Waals surface area (Å²) >= 11 is 0. The van der Waals surface area contributed by atoms with Gasteiger partial charge in [0.2, 0.25) is 11.9 Å². The van der Waals surface area contributed by atoms with E-state index in [2.05, 4.69) is 25.7 Å². The van der Waals surface area contributed by atoms with Crippen molar-refractivity contribution in [2.45, 2.75) is 13.0 Å². The van der Waals surface area contributed by atoms with Crippen molar-refractivity contribution in [3.05, 3.63) is 94.6 Å². The number of benzene rings is 2. The lowest BCUT2D eigenvalue weighted by molar-refractivity contribution is -0.111. The highest BCUT2D eigenvalue weighted by Crippen LogP contribution is 2.37. The Morgan fingerprint density at radius 2 is 1.81 bits per heavy atom. The van der Waals surface area contributed by atoms with Crippen LogP contribution in [-0.4, -0.2) is 70.0 Å². The highest BCUT2D eigenvalue weighted by molar-refractivity contribution is 5.99. The fraction of sp³-hybridized carbons (Fsp3) is 0.242. The number of fused-ring (bicyclic) bond motifs is 1. The van der Waals surface area contributed by atoms with E-state index in [1.165, 1.54) is 37.1 Å². The second kappa shape index (κ2) is 13.8. The maximum Gasteiger partial charge on any atom is 0.260 e. The summed E-state index contributed by atoms with van der Waals surface area (Å²) in [6, 6.07) is 10.3. The first-order chi connectivity index (χ1) is 22.5. The number of methoxy groups -OCH3 is 2. The van der Waals surface area contributed by atoms with Crippen molar-refractivity contribution in [3.8, 4) is 22.6 Å². The molecule has 1 unspecified atom stereocenters. The molecule has 5 aromatic rings. The number of aryl methyl sites for hydroxylation is 1. The topological polar surface area (TPSA) is 128 Å². The zero-order chi connectivity index (χ0) is 33.8. The van der Waals surface area contributed by atoms with Crippen molar-refractivity contribution >= 4 is 34.4 Å². The molecule has 1 atom stereocenters. The van der Waals surface area contributed by atoms with Crippen LogP contribution in [0, 0.1) is 11.6 Å². The fourth-order valence-corrected chi connectivity index (χ4v) is 5.02. The molecule has 14 heteroatoms. The van der Waals surface area contributed by atoms with Gasteiger partial charge in [0.15, 0.2) is 29.0 Å². The Balaban J connectivity index is 1.67. The van der Waals surface area contributed by atoms with Gasteiger partial charge in [-0.2, -0.15) is 10.1 Å². The maximum absolute atomic E-state index is 15.7. The average molecular weight is 645 g/mol. The molecule has 12 nitrogen and oxygen atoms in total. The molecule has 2 N–H and O–H groups in total. The summed E-state index contributed by atoms with van der Waals surface area (Å²) in [7, 11) is 8.01. The van der Waals surface area contributed by atoms with E-state index in [0.29, 0.717) is 29.0 Å². The first-order valence-electron chi connectivity index (χ1n) is 14.5. The van der Waals surface area contributed by atoms with Crippen molar-refractivity contribution in [2.75, 3.05) is 45.5 Å². The van der Waals surface area contributed by atoms with Crippen LogP contribution in [0.5, 0.6) is 11.5 Å². The summed E-state index contributed by atoms with van der Waals surface area (Å²) in [5, 5.41) is 10.4. The van der Waals surface area contributed by atoms with Crippen molar-refractivity contribution in [1.29, 1.82) is 0 Å². The number of nitrogens with zero attached hydrogens (tertiary/aromatic N) is 6. The molecule has 0 fully saturated rings. The number of pyridine rings is 1. The molecule has 0 saturated heterocycles. The molecule has 47 heavy (non-hydrogen) atoms. The quantitative estimate of drug-likeness (QED) is 0.193. The van der Waals surface area contributed by atoms with E-state index in [-0.39, 0.29) is 34.6 Å². The van der Waals surface area contributed by atoms with Crippen molar-refractivity contribution in [2.24, 2.45) is 7.05 Å². The van der Waals surface area contributed by atoms with Gasteiger partial charge in [0.25, 0.3) is 5.56 Å². The number of ether oxygens (including phenoxy) is 2. The number of carbonyl (C=O) groups is 1. The summed E-state index contributed by atoms with van der Waals surface area (Å²) in [5.74, 6) is -2.43. The normalized spacial score (nSPS) is 12.1. The predicted octanol–water partition coefficient (Wildman–Crippen LogP) is 4.90. The lowest BCUT2D eigenvalue weighted by Crippen LogP contribution is -2.27. The Hall–Kier alpha value is -5.63. The molecule has 0 aliphatic heterocycles. The molecule has 0 bridgehead atoms. The van der Waals surface area contributed by atoms with Crippen molar-refractivity contribution in [1.82, 2.24) is 29.2 Å². The SMILES string of the molecule is COc1cc(OC)c(F)c(-c2cc3cnc(Nc4ccn(C)n4)nc3n(C(C)c3cccc(NC(=O)/C=C/CN(C)C)c3)c2=O)c1F. The number of rotatable bonds is 11. The van der Waals surface area contributed by atoms with Gasteiger partial charge in [-0.1, -0.05) is 18.2 Å². The second-order valence-corrected chi connectivity index (χ2v) is 10.9. The van der Waals surface area contributed by atoms with Crippen LogP contribution in [0.25, 0.3) is 22.2 Å². The minimum atomic E-state index is -1.07. The minimum Gasteiger partial charge on any atom is -0.494 e. The van der Waals surface area contributed by atoms with Gasteiger partial charge in [-0.3, -0.25) is 18.8 Å². The second-order valence-electron chi connectivity index (χ2n) is 10.9. The van der Waals surface area contributed by atoms with Gasteiger partial charge < -0.3 is 25.0 Å². The van der Waals surface area contributed by atoms with E-state index in [1.807, 2.05) is 19.0 Å². The molecule has 0 saturated carbocycles. The molecule has 0 aliphatic rings. The van der Waals surface area contributed by atoms with Crippen LogP contribution < -0.4 is 25.7 Å².